The monoisotopic (exact) mass is 383 g/mol. The number of aromatic nitrogens is 1. The Labute approximate surface area is 158 Å². The molecule has 0 fully saturated rings. The average molecular weight is 383 g/mol. The van der Waals surface area contributed by atoms with Gasteiger partial charge in [-0.3, -0.25) is 10.4 Å². The number of pyridine rings is 1. The molecule has 1 unspecified atom stereocenters. The van der Waals surface area contributed by atoms with Gasteiger partial charge < -0.3 is 11.1 Å². The van der Waals surface area contributed by atoms with Crippen LogP contribution in [0.1, 0.15) is 18.0 Å². The van der Waals surface area contributed by atoms with Crippen molar-refractivity contribution in [1.82, 2.24) is 15.0 Å². The van der Waals surface area contributed by atoms with Gasteiger partial charge in [-0.05, 0) is 24.1 Å². The molecule has 1 atom stereocenters. The Morgan fingerprint density at radius 1 is 1.11 bits per heavy atom. The van der Waals surface area contributed by atoms with Crippen molar-refractivity contribution in [3.05, 3.63) is 72.6 Å². The van der Waals surface area contributed by atoms with Crippen LogP contribution in [0.4, 0.5) is 0 Å². The highest BCUT2D eigenvalue weighted by atomic mass is 32.2. The second-order valence-corrected chi connectivity index (χ2v) is 7.80. The summed E-state index contributed by atoms with van der Waals surface area (Å²) >= 11 is 0. The van der Waals surface area contributed by atoms with Crippen LogP contribution in [0.3, 0.4) is 0 Å². The predicted molar refractivity (Wildman–Crippen MR) is 106 cm³/mol. The van der Waals surface area contributed by atoms with Crippen LogP contribution >= 0.6 is 0 Å². The summed E-state index contributed by atoms with van der Waals surface area (Å²) < 4.78 is 28.2. The van der Waals surface area contributed by atoms with Crippen LogP contribution in [0.25, 0.3) is 10.8 Å². The van der Waals surface area contributed by atoms with E-state index in [1.165, 1.54) is 0 Å². The van der Waals surface area contributed by atoms with Crippen molar-refractivity contribution in [3.8, 4) is 0 Å². The second-order valence-electron chi connectivity index (χ2n) is 6.06. The maximum absolute atomic E-state index is 12.8. The summed E-state index contributed by atoms with van der Waals surface area (Å²) in [7, 11) is -3.68. The van der Waals surface area contributed by atoms with E-state index in [0.29, 0.717) is 11.8 Å². The molecule has 0 bridgehead atoms. The third-order valence-electron chi connectivity index (χ3n) is 4.19. The molecule has 7 nitrogen and oxygen atoms in total. The van der Waals surface area contributed by atoms with E-state index in [1.54, 1.807) is 30.6 Å². The summed E-state index contributed by atoms with van der Waals surface area (Å²) in [6.07, 6.45) is 3.65. The molecule has 3 rings (SSSR count). The van der Waals surface area contributed by atoms with Gasteiger partial charge in [0.15, 0.2) is 5.96 Å². The summed E-state index contributed by atoms with van der Waals surface area (Å²) in [6.45, 7) is 0.198. The third-order valence-corrected chi connectivity index (χ3v) is 5.71. The number of fused-ring (bicyclic) bond motifs is 1. The summed E-state index contributed by atoms with van der Waals surface area (Å²) in [6, 6.07) is 16.0. The average Bonchev–Trinajstić information content (AvgIpc) is 2.67. The highest BCUT2D eigenvalue weighted by Crippen LogP contribution is 2.22. The summed E-state index contributed by atoms with van der Waals surface area (Å²) in [5.41, 5.74) is 6.40. The van der Waals surface area contributed by atoms with E-state index in [-0.39, 0.29) is 23.4 Å². The zero-order valence-corrected chi connectivity index (χ0v) is 15.4. The van der Waals surface area contributed by atoms with Crippen LogP contribution < -0.4 is 15.8 Å². The Hall–Kier alpha value is -2.97. The Morgan fingerprint density at radius 3 is 2.63 bits per heavy atom. The normalized spacial score (nSPS) is 12.6. The molecule has 8 heteroatoms. The minimum absolute atomic E-state index is 0.159. The number of rotatable bonds is 7. The number of guanidine groups is 1. The van der Waals surface area contributed by atoms with E-state index in [0.717, 1.165) is 10.9 Å². The van der Waals surface area contributed by atoms with Crippen molar-refractivity contribution >= 4 is 26.8 Å². The molecule has 3 aromatic rings. The minimum atomic E-state index is -3.68. The predicted octanol–water partition coefficient (Wildman–Crippen LogP) is 2.13. The van der Waals surface area contributed by atoms with Crippen LogP contribution in [0.5, 0.6) is 0 Å². The lowest BCUT2D eigenvalue weighted by Crippen LogP contribution is -2.36. The fraction of sp³-hybridized carbons (Fsp3) is 0.158. The first-order chi connectivity index (χ1) is 13.0. The third kappa shape index (κ3) is 4.60. The van der Waals surface area contributed by atoms with E-state index in [1.807, 2.05) is 36.4 Å². The molecule has 0 aliphatic carbocycles. The van der Waals surface area contributed by atoms with Crippen molar-refractivity contribution in [3.63, 3.8) is 0 Å². The molecular weight excluding hydrogens is 362 g/mol. The standard InChI is InChI=1S/C19H21N5O2S/c20-19(21)24-17(14-5-2-1-3-6-14)10-12-23-27(25,26)18-8-4-7-15-13-22-11-9-16(15)18/h1-9,11,13,17,23H,10,12H2,(H4,20,21,24). The highest BCUT2D eigenvalue weighted by molar-refractivity contribution is 7.89. The molecule has 0 saturated carbocycles. The highest BCUT2D eigenvalue weighted by Gasteiger charge is 2.18. The molecule has 2 aromatic carbocycles. The Morgan fingerprint density at radius 2 is 1.89 bits per heavy atom. The lowest BCUT2D eigenvalue weighted by molar-refractivity contribution is 0.554. The lowest BCUT2D eigenvalue weighted by Gasteiger charge is -2.19. The minimum Gasteiger partial charge on any atom is -0.370 e. The van der Waals surface area contributed by atoms with Gasteiger partial charge >= 0.3 is 0 Å². The maximum Gasteiger partial charge on any atom is 0.241 e. The molecule has 27 heavy (non-hydrogen) atoms. The number of sulfonamides is 1. The molecule has 0 radical (unpaired) electrons. The van der Waals surface area contributed by atoms with Gasteiger partial charge in [-0.25, -0.2) is 13.1 Å². The smallest absolute Gasteiger partial charge is 0.241 e. The van der Waals surface area contributed by atoms with Gasteiger partial charge in [0.05, 0.1) is 10.9 Å². The van der Waals surface area contributed by atoms with Crippen molar-refractivity contribution in [2.24, 2.45) is 5.73 Å². The fourth-order valence-corrected chi connectivity index (χ4v) is 4.21. The van der Waals surface area contributed by atoms with Gasteiger partial charge in [-0.15, -0.1) is 0 Å². The Kier molecular flexibility index (Phi) is 5.68. The van der Waals surface area contributed by atoms with Gasteiger partial charge in [-0.1, -0.05) is 42.5 Å². The first-order valence-electron chi connectivity index (χ1n) is 8.45. The van der Waals surface area contributed by atoms with Crippen molar-refractivity contribution < 1.29 is 8.42 Å². The van der Waals surface area contributed by atoms with Crippen LogP contribution in [-0.4, -0.2) is 25.9 Å². The molecule has 0 aliphatic rings. The van der Waals surface area contributed by atoms with E-state index < -0.39 is 10.0 Å². The van der Waals surface area contributed by atoms with E-state index in [4.69, 9.17) is 11.1 Å². The van der Waals surface area contributed by atoms with Crippen LogP contribution in [-0.2, 0) is 10.0 Å². The van der Waals surface area contributed by atoms with Crippen LogP contribution in [0.2, 0.25) is 0 Å². The van der Waals surface area contributed by atoms with E-state index >= 15 is 0 Å². The largest absolute Gasteiger partial charge is 0.370 e. The SMILES string of the molecule is N=C(N)NC(CCNS(=O)(=O)c1cccc2cnccc12)c1ccccc1. The molecule has 140 valence electrons. The molecule has 0 amide bonds. The molecule has 0 spiro atoms. The fourth-order valence-electron chi connectivity index (χ4n) is 2.94. The van der Waals surface area contributed by atoms with Gasteiger partial charge in [-0.2, -0.15) is 0 Å². The molecular formula is C19H21N5O2S. The van der Waals surface area contributed by atoms with Crippen molar-refractivity contribution in [2.45, 2.75) is 17.4 Å². The first-order valence-corrected chi connectivity index (χ1v) is 9.93. The van der Waals surface area contributed by atoms with Gasteiger partial charge in [0.1, 0.15) is 0 Å². The summed E-state index contributed by atoms with van der Waals surface area (Å²) in [5.74, 6) is -0.159. The molecule has 1 aromatic heterocycles. The number of hydrogen-bond acceptors (Lipinski definition) is 4. The number of nitrogens with zero attached hydrogens (tertiary/aromatic N) is 1. The quantitative estimate of drug-likeness (QED) is 0.368. The summed E-state index contributed by atoms with van der Waals surface area (Å²) in [5, 5.41) is 11.7. The van der Waals surface area contributed by atoms with Gasteiger partial charge in [0, 0.05) is 29.7 Å². The molecule has 5 N–H and O–H groups in total. The maximum atomic E-state index is 12.8. The Balaban J connectivity index is 1.75. The lowest BCUT2D eigenvalue weighted by atomic mass is 10.0. The molecule has 0 aliphatic heterocycles. The van der Waals surface area contributed by atoms with Gasteiger partial charge in [0.25, 0.3) is 0 Å². The second kappa shape index (κ2) is 8.15. The summed E-state index contributed by atoms with van der Waals surface area (Å²) in [4.78, 5) is 4.25. The van der Waals surface area contributed by atoms with Gasteiger partial charge in [0.2, 0.25) is 10.0 Å². The Bertz CT molecular complexity index is 1030. The number of hydrogen-bond donors (Lipinski definition) is 4. The number of nitrogens with two attached hydrogens (primary N) is 1. The number of benzene rings is 2. The zero-order valence-electron chi connectivity index (χ0n) is 14.6. The van der Waals surface area contributed by atoms with E-state index in [2.05, 4.69) is 15.0 Å². The van der Waals surface area contributed by atoms with Crippen molar-refractivity contribution in [1.29, 1.82) is 5.41 Å². The van der Waals surface area contributed by atoms with Crippen LogP contribution in [0, 0.1) is 5.41 Å². The van der Waals surface area contributed by atoms with E-state index in [9.17, 15) is 8.42 Å². The van der Waals surface area contributed by atoms with Crippen LogP contribution in [0.15, 0.2) is 71.9 Å². The van der Waals surface area contributed by atoms with Crippen molar-refractivity contribution in [2.75, 3.05) is 6.54 Å². The zero-order chi connectivity index (χ0) is 19.3. The topological polar surface area (TPSA) is 121 Å². The molecule has 0 saturated heterocycles. The molecule has 1 heterocycles. The first kappa shape index (κ1) is 18.8. The number of nitrogens with one attached hydrogen (secondary N) is 3.